The third-order valence-electron chi connectivity index (χ3n) is 5.05. The first-order valence-electron chi connectivity index (χ1n) is 8.24. The Balaban J connectivity index is 2.40. The largest absolute Gasteiger partial charge is 0.397 e. The fourth-order valence-corrected chi connectivity index (χ4v) is 4.20. The molecule has 0 unspecified atom stereocenters. The number of anilines is 1. The van der Waals surface area contributed by atoms with Gasteiger partial charge in [0.25, 0.3) is 0 Å². The van der Waals surface area contributed by atoms with E-state index in [4.69, 9.17) is 28.9 Å². The molecule has 0 aromatic heterocycles. The number of benzene rings is 2. The van der Waals surface area contributed by atoms with Crippen molar-refractivity contribution in [1.29, 1.82) is 10.5 Å². The van der Waals surface area contributed by atoms with Crippen LogP contribution in [0, 0.1) is 28.6 Å². The number of rotatable bonds is 2. The Morgan fingerprint density at radius 2 is 1.88 bits per heavy atom. The van der Waals surface area contributed by atoms with Crippen molar-refractivity contribution in [3.8, 4) is 23.3 Å². The van der Waals surface area contributed by atoms with Gasteiger partial charge in [0.15, 0.2) is 0 Å². The van der Waals surface area contributed by atoms with Gasteiger partial charge in [0.1, 0.15) is 12.1 Å². The number of nitriles is 2. The summed E-state index contributed by atoms with van der Waals surface area (Å²) < 4.78 is 0. The van der Waals surface area contributed by atoms with Gasteiger partial charge >= 0.3 is 0 Å². The van der Waals surface area contributed by atoms with E-state index in [1.165, 1.54) is 0 Å². The molecule has 5 heteroatoms. The third-order valence-corrected chi connectivity index (χ3v) is 5.60. The van der Waals surface area contributed by atoms with Gasteiger partial charge in [-0.05, 0) is 48.4 Å². The van der Waals surface area contributed by atoms with Gasteiger partial charge in [-0.25, -0.2) is 0 Å². The van der Waals surface area contributed by atoms with Crippen LogP contribution in [0.15, 0.2) is 18.2 Å². The van der Waals surface area contributed by atoms with Gasteiger partial charge in [0.05, 0.1) is 16.8 Å². The number of nitrogens with zero attached hydrogens (tertiary/aromatic N) is 2. The van der Waals surface area contributed by atoms with E-state index < -0.39 is 0 Å². The number of nitrogen functional groups attached to an aromatic ring is 1. The first-order chi connectivity index (χ1) is 12.0. The van der Waals surface area contributed by atoms with Crippen molar-refractivity contribution in [2.75, 3.05) is 5.73 Å². The Labute approximate surface area is 157 Å². The number of halogens is 2. The molecule has 2 N–H and O–H groups in total. The van der Waals surface area contributed by atoms with Gasteiger partial charge in [-0.2, -0.15) is 10.5 Å². The summed E-state index contributed by atoms with van der Waals surface area (Å²) in [6, 6.07) is 9.64. The van der Waals surface area contributed by atoms with Crippen LogP contribution < -0.4 is 5.73 Å². The summed E-state index contributed by atoms with van der Waals surface area (Å²) in [5.41, 5.74) is 10.7. The molecule has 126 valence electrons. The van der Waals surface area contributed by atoms with Crippen molar-refractivity contribution < 1.29 is 0 Å². The highest BCUT2D eigenvalue weighted by atomic mass is 35.5. The Bertz CT molecular complexity index is 936. The molecule has 2 aromatic rings. The number of nitrogens with two attached hydrogens (primary N) is 1. The SMILES string of the molecule is CC[C@@H]1CCc2c(C#N)c(N)c(C#N)c(-c3ccc(Cl)cc3Cl)c2C1. The van der Waals surface area contributed by atoms with Crippen LogP contribution in [-0.2, 0) is 12.8 Å². The van der Waals surface area contributed by atoms with Crippen LogP contribution >= 0.6 is 23.2 Å². The highest BCUT2D eigenvalue weighted by Crippen LogP contribution is 2.44. The maximum atomic E-state index is 9.74. The molecule has 2 aromatic carbocycles. The molecular weight excluding hydrogens is 353 g/mol. The summed E-state index contributed by atoms with van der Waals surface area (Å²) in [6.07, 6.45) is 3.70. The van der Waals surface area contributed by atoms with E-state index in [2.05, 4.69) is 19.1 Å². The smallest absolute Gasteiger partial charge is 0.102 e. The molecule has 0 radical (unpaired) electrons. The molecular formula is C20H17Cl2N3. The highest BCUT2D eigenvalue weighted by molar-refractivity contribution is 6.36. The molecule has 1 aliphatic rings. The predicted molar refractivity (Wildman–Crippen MR) is 102 cm³/mol. The third kappa shape index (κ3) is 2.95. The minimum absolute atomic E-state index is 0.250. The fraction of sp³-hybridized carbons (Fsp3) is 0.300. The lowest BCUT2D eigenvalue weighted by molar-refractivity contribution is 0.445. The zero-order valence-electron chi connectivity index (χ0n) is 13.9. The lowest BCUT2D eigenvalue weighted by Crippen LogP contribution is -2.18. The van der Waals surface area contributed by atoms with Crippen molar-refractivity contribution in [2.45, 2.75) is 32.6 Å². The lowest BCUT2D eigenvalue weighted by atomic mass is 9.75. The van der Waals surface area contributed by atoms with Gasteiger partial charge < -0.3 is 5.73 Å². The molecule has 3 rings (SSSR count). The fourth-order valence-electron chi connectivity index (χ4n) is 3.70. The van der Waals surface area contributed by atoms with Crippen molar-refractivity contribution in [2.24, 2.45) is 5.92 Å². The predicted octanol–water partition coefficient (Wildman–Crippen LogP) is 5.50. The lowest BCUT2D eigenvalue weighted by Gasteiger charge is -2.28. The van der Waals surface area contributed by atoms with Crippen LogP contribution in [0.2, 0.25) is 10.0 Å². The first kappa shape index (κ1) is 17.6. The van der Waals surface area contributed by atoms with E-state index in [1.54, 1.807) is 12.1 Å². The summed E-state index contributed by atoms with van der Waals surface area (Å²) in [6.45, 7) is 2.16. The second-order valence-corrected chi connectivity index (χ2v) is 7.20. The topological polar surface area (TPSA) is 73.6 Å². The standard InChI is InChI=1S/C20H17Cl2N3/c1-2-11-3-5-13-15(7-11)19(14-6-4-12(21)8-18(14)22)17(10-24)20(25)16(13)9-23/h4,6,8,11H,2-3,5,7,25H2,1H3/t11-/m1/s1. The van der Waals surface area contributed by atoms with Crippen molar-refractivity contribution in [3.05, 3.63) is 50.5 Å². The summed E-state index contributed by atoms with van der Waals surface area (Å²) in [5, 5.41) is 20.3. The normalized spacial score (nSPS) is 16.0. The van der Waals surface area contributed by atoms with Crippen molar-refractivity contribution in [3.63, 3.8) is 0 Å². The summed E-state index contributed by atoms with van der Waals surface area (Å²) in [7, 11) is 0. The van der Waals surface area contributed by atoms with E-state index in [1.807, 2.05) is 6.07 Å². The van der Waals surface area contributed by atoms with Gasteiger partial charge in [0, 0.05) is 21.2 Å². The van der Waals surface area contributed by atoms with Crippen molar-refractivity contribution >= 4 is 28.9 Å². The molecule has 0 heterocycles. The van der Waals surface area contributed by atoms with Crippen LogP contribution in [0.3, 0.4) is 0 Å². The molecule has 0 saturated heterocycles. The molecule has 1 atom stereocenters. The zero-order valence-corrected chi connectivity index (χ0v) is 15.4. The second-order valence-electron chi connectivity index (χ2n) is 6.36. The molecule has 0 fully saturated rings. The summed E-state index contributed by atoms with van der Waals surface area (Å²) >= 11 is 12.5. The minimum atomic E-state index is 0.250. The van der Waals surface area contributed by atoms with Crippen LogP contribution in [0.25, 0.3) is 11.1 Å². The van der Waals surface area contributed by atoms with E-state index in [0.717, 1.165) is 47.9 Å². The van der Waals surface area contributed by atoms with Crippen molar-refractivity contribution in [1.82, 2.24) is 0 Å². The molecule has 0 bridgehead atoms. The van der Waals surface area contributed by atoms with Gasteiger partial charge in [-0.3, -0.25) is 0 Å². The maximum absolute atomic E-state index is 9.74. The summed E-state index contributed by atoms with van der Waals surface area (Å²) in [5.74, 6) is 0.527. The Hall–Kier alpha value is -2.20. The maximum Gasteiger partial charge on any atom is 0.102 e. The minimum Gasteiger partial charge on any atom is -0.397 e. The van der Waals surface area contributed by atoms with E-state index >= 15 is 0 Å². The average Bonchev–Trinajstić information content (AvgIpc) is 2.61. The average molecular weight is 370 g/mol. The molecule has 0 aliphatic heterocycles. The zero-order chi connectivity index (χ0) is 18.1. The Morgan fingerprint density at radius 1 is 1.16 bits per heavy atom. The first-order valence-corrected chi connectivity index (χ1v) is 9.00. The molecule has 1 aliphatic carbocycles. The molecule has 0 amide bonds. The van der Waals surface area contributed by atoms with E-state index in [-0.39, 0.29) is 5.69 Å². The molecule has 0 spiro atoms. The highest BCUT2D eigenvalue weighted by Gasteiger charge is 2.29. The molecule has 25 heavy (non-hydrogen) atoms. The number of hydrogen-bond acceptors (Lipinski definition) is 3. The van der Waals surface area contributed by atoms with Crippen LogP contribution in [0.1, 0.15) is 42.0 Å². The Kier molecular flexibility index (Phi) is 4.91. The second kappa shape index (κ2) is 6.96. The van der Waals surface area contributed by atoms with Crippen LogP contribution in [0.5, 0.6) is 0 Å². The quantitative estimate of drug-likeness (QED) is 0.709. The van der Waals surface area contributed by atoms with Crippen LogP contribution in [0.4, 0.5) is 5.69 Å². The molecule has 0 saturated carbocycles. The van der Waals surface area contributed by atoms with Gasteiger partial charge in [-0.1, -0.05) is 42.6 Å². The summed E-state index contributed by atoms with van der Waals surface area (Å²) in [4.78, 5) is 0. The van der Waals surface area contributed by atoms with Gasteiger partial charge in [-0.15, -0.1) is 0 Å². The molecule has 3 nitrogen and oxygen atoms in total. The van der Waals surface area contributed by atoms with Gasteiger partial charge in [0.2, 0.25) is 0 Å². The number of hydrogen-bond donors (Lipinski definition) is 1. The number of fused-ring (bicyclic) bond motifs is 1. The Morgan fingerprint density at radius 3 is 2.48 bits per heavy atom. The van der Waals surface area contributed by atoms with Crippen LogP contribution in [-0.4, -0.2) is 0 Å². The van der Waals surface area contributed by atoms with E-state index in [9.17, 15) is 10.5 Å². The monoisotopic (exact) mass is 369 g/mol. The van der Waals surface area contributed by atoms with E-state index in [0.29, 0.717) is 27.1 Å².